The van der Waals surface area contributed by atoms with Crippen LogP contribution in [0.15, 0.2) is 54.0 Å². The van der Waals surface area contributed by atoms with Gasteiger partial charge in [-0.1, -0.05) is 6.07 Å². The first-order valence-corrected chi connectivity index (χ1v) is 8.38. The molecule has 0 bridgehead atoms. The molecular weight excluding hydrogens is 322 g/mol. The first kappa shape index (κ1) is 14.8. The van der Waals surface area contributed by atoms with Crippen LogP contribution < -0.4 is 0 Å². The van der Waals surface area contributed by atoms with Gasteiger partial charge < -0.3 is 4.74 Å². The second-order valence-corrected chi connectivity index (χ2v) is 6.34. The van der Waals surface area contributed by atoms with Crippen molar-refractivity contribution in [2.75, 3.05) is 20.2 Å². The van der Waals surface area contributed by atoms with Crippen molar-refractivity contribution in [2.45, 2.75) is 0 Å². The van der Waals surface area contributed by atoms with Crippen LogP contribution in [0.3, 0.4) is 0 Å². The lowest BCUT2D eigenvalue weighted by atomic mass is 10.2. The molecule has 3 aromatic heterocycles. The summed E-state index contributed by atoms with van der Waals surface area (Å²) in [6.45, 7) is 1.40. The van der Waals surface area contributed by atoms with E-state index in [0.29, 0.717) is 12.5 Å². The van der Waals surface area contributed by atoms with E-state index in [9.17, 15) is 0 Å². The van der Waals surface area contributed by atoms with Gasteiger partial charge in [0.1, 0.15) is 17.3 Å². The summed E-state index contributed by atoms with van der Waals surface area (Å²) in [7, 11) is 1.93. The molecule has 120 valence electrons. The molecule has 0 unspecified atom stereocenters. The Balaban J connectivity index is 1.66. The number of rotatable bonds is 3. The SMILES string of the molecule is CN1CCOC(c2cccc(-c3cnc(-c4cccnc4)s3)n2)=N1. The van der Waals surface area contributed by atoms with Gasteiger partial charge in [-0.2, -0.15) is 0 Å². The molecule has 24 heavy (non-hydrogen) atoms. The first-order valence-electron chi connectivity index (χ1n) is 7.56. The van der Waals surface area contributed by atoms with Crippen molar-refractivity contribution in [1.82, 2.24) is 20.0 Å². The molecule has 0 N–H and O–H groups in total. The Morgan fingerprint density at radius 2 is 2.04 bits per heavy atom. The van der Waals surface area contributed by atoms with Crippen molar-refractivity contribution in [3.8, 4) is 21.1 Å². The van der Waals surface area contributed by atoms with Crippen LogP contribution in [-0.4, -0.2) is 46.1 Å². The van der Waals surface area contributed by atoms with Crippen molar-refractivity contribution in [3.05, 3.63) is 54.6 Å². The van der Waals surface area contributed by atoms with Gasteiger partial charge in [0.25, 0.3) is 5.90 Å². The zero-order valence-corrected chi connectivity index (χ0v) is 13.9. The highest BCUT2D eigenvalue weighted by atomic mass is 32.1. The smallest absolute Gasteiger partial charge is 0.257 e. The lowest BCUT2D eigenvalue weighted by Crippen LogP contribution is -2.28. The van der Waals surface area contributed by atoms with Gasteiger partial charge in [0, 0.05) is 31.2 Å². The van der Waals surface area contributed by atoms with Crippen LogP contribution in [0.1, 0.15) is 5.69 Å². The summed E-state index contributed by atoms with van der Waals surface area (Å²) in [5, 5.41) is 7.17. The molecule has 0 radical (unpaired) electrons. The number of hydrogen-bond acceptors (Lipinski definition) is 7. The minimum absolute atomic E-state index is 0.558. The number of hydrogen-bond donors (Lipinski definition) is 0. The van der Waals surface area contributed by atoms with Gasteiger partial charge in [0.05, 0.1) is 17.1 Å². The molecule has 1 aliphatic rings. The van der Waals surface area contributed by atoms with E-state index < -0.39 is 0 Å². The fourth-order valence-corrected chi connectivity index (χ4v) is 3.22. The van der Waals surface area contributed by atoms with Crippen LogP contribution in [-0.2, 0) is 4.74 Å². The monoisotopic (exact) mass is 337 g/mol. The average Bonchev–Trinajstić information content (AvgIpc) is 3.13. The van der Waals surface area contributed by atoms with E-state index in [1.54, 1.807) is 17.5 Å². The van der Waals surface area contributed by atoms with Crippen LogP contribution >= 0.6 is 11.3 Å². The standard InChI is InChI=1S/C17H15N5OS/c1-22-8-9-23-16(21-22)14-6-2-5-13(20-14)15-11-19-17(24-15)12-4-3-7-18-10-12/h2-7,10-11H,8-9H2,1H3. The van der Waals surface area contributed by atoms with E-state index >= 15 is 0 Å². The quantitative estimate of drug-likeness (QED) is 0.735. The molecule has 1 aliphatic heterocycles. The Morgan fingerprint density at radius 1 is 1.12 bits per heavy atom. The van der Waals surface area contributed by atoms with E-state index in [2.05, 4.69) is 20.1 Å². The van der Waals surface area contributed by atoms with Crippen molar-refractivity contribution >= 4 is 17.2 Å². The van der Waals surface area contributed by atoms with Gasteiger partial charge in [0.15, 0.2) is 0 Å². The van der Waals surface area contributed by atoms with E-state index in [0.717, 1.165) is 33.4 Å². The summed E-state index contributed by atoms with van der Waals surface area (Å²) in [4.78, 5) is 14.3. The van der Waals surface area contributed by atoms with Crippen LogP contribution in [0.25, 0.3) is 21.1 Å². The highest BCUT2D eigenvalue weighted by Gasteiger charge is 2.15. The molecule has 0 saturated heterocycles. The molecule has 7 heteroatoms. The van der Waals surface area contributed by atoms with Crippen LogP contribution in [0.4, 0.5) is 0 Å². The van der Waals surface area contributed by atoms with Crippen molar-refractivity contribution in [1.29, 1.82) is 0 Å². The number of ether oxygens (including phenoxy) is 1. The topological polar surface area (TPSA) is 63.5 Å². The molecule has 4 rings (SSSR count). The number of thiazole rings is 1. The maximum absolute atomic E-state index is 5.63. The molecule has 0 amide bonds. The fourth-order valence-electron chi connectivity index (χ4n) is 2.34. The third-order valence-corrected chi connectivity index (χ3v) is 4.62. The molecule has 4 heterocycles. The lowest BCUT2D eigenvalue weighted by molar-refractivity contribution is 0.191. The predicted molar refractivity (Wildman–Crippen MR) is 93.7 cm³/mol. The van der Waals surface area contributed by atoms with E-state index in [1.165, 1.54) is 0 Å². The largest absolute Gasteiger partial charge is 0.473 e. The predicted octanol–water partition coefficient (Wildman–Crippen LogP) is 2.89. The van der Waals surface area contributed by atoms with Crippen LogP contribution in [0.2, 0.25) is 0 Å². The first-order chi connectivity index (χ1) is 11.8. The Kier molecular flexibility index (Phi) is 3.92. The van der Waals surface area contributed by atoms with E-state index in [4.69, 9.17) is 4.74 Å². The molecule has 0 fully saturated rings. The summed E-state index contributed by atoms with van der Waals surface area (Å²) in [6.07, 6.45) is 5.41. The van der Waals surface area contributed by atoms with Crippen LogP contribution in [0, 0.1) is 0 Å². The highest BCUT2D eigenvalue weighted by Crippen LogP contribution is 2.30. The van der Waals surface area contributed by atoms with Gasteiger partial charge in [-0.15, -0.1) is 16.4 Å². The molecule has 3 aromatic rings. The fraction of sp³-hybridized carbons (Fsp3) is 0.176. The highest BCUT2D eigenvalue weighted by molar-refractivity contribution is 7.18. The van der Waals surface area contributed by atoms with Crippen molar-refractivity contribution in [3.63, 3.8) is 0 Å². The second kappa shape index (κ2) is 6.37. The average molecular weight is 337 g/mol. The Morgan fingerprint density at radius 3 is 2.88 bits per heavy atom. The molecule has 0 aromatic carbocycles. The number of likely N-dealkylation sites (N-methyl/N-ethyl adjacent to an activating group) is 1. The number of pyridine rings is 2. The molecule has 0 aliphatic carbocycles. The van der Waals surface area contributed by atoms with E-state index in [1.807, 2.05) is 54.8 Å². The summed E-state index contributed by atoms with van der Waals surface area (Å²) >= 11 is 1.59. The molecule has 0 atom stereocenters. The van der Waals surface area contributed by atoms with Crippen LogP contribution in [0.5, 0.6) is 0 Å². The zero-order valence-electron chi connectivity index (χ0n) is 13.1. The third kappa shape index (κ3) is 2.98. The molecule has 0 spiro atoms. The third-order valence-electron chi connectivity index (χ3n) is 3.55. The Hall–Kier alpha value is -2.80. The second-order valence-electron chi connectivity index (χ2n) is 5.31. The minimum atomic E-state index is 0.558. The van der Waals surface area contributed by atoms with Gasteiger partial charge >= 0.3 is 0 Å². The number of hydrazone groups is 1. The van der Waals surface area contributed by atoms with Crippen molar-refractivity contribution in [2.24, 2.45) is 5.10 Å². The van der Waals surface area contributed by atoms with Crippen molar-refractivity contribution < 1.29 is 4.74 Å². The van der Waals surface area contributed by atoms with E-state index in [-0.39, 0.29) is 0 Å². The maximum Gasteiger partial charge on any atom is 0.257 e. The normalized spacial score (nSPS) is 14.2. The summed E-state index contributed by atoms with van der Waals surface area (Å²) in [5.74, 6) is 0.558. The zero-order chi connectivity index (χ0) is 16.4. The van der Waals surface area contributed by atoms with Gasteiger partial charge in [-0.05, 0) is 24.3 Å². The number of aromatic nitrogens is 3. The van der Waals surface area contributed by atoms with Gasteiger partial charge in [0.2, 0.25) is 0 Å². The summed E-state index contributed by atoms with van der Waals surface area (Å²) in [5.41, 5.74) is 2.60. The number of nitrogens with zero attached hydrogens (tertiary/aromatic N) is 5. The Labute approximate surface area is 143 Å². The summed E-state index contributed by atoms with van der Waals surface area (Å²) < 4.78 is 5.63. The maximum atomic E-state index is 5.63. The lowest BCUT2D eigenvalue weighted by Gasteiger charge is -2.21. The molecular formula is C17H15N5OS. The minimum Gasteiger partial charge on any atom is -0.473 e. The van der Waals surface area contributed by atoms with Gasteiger partial charge in [-0.3, -0.25) is 9.99 Å². The van der Waals surface area contributed by atoms with Gasteiger partial charge in [-0.25, -0.2) is 9.97 Å². The molecule has 6 nitrogen and oxygen atoms in total. The summed E-state index contributed by atoms with van der Waals surface area (Å²) in [6, 6.07) is 9.74. The Bertz CT molecular complexity index is 877. The molecule has 0 saturated carbocycles.